The van der Waals surface area contributed by atoms with E-state index in [2.05, 4.69) is 18.3 Å². The van der Waals surface area contributed by atoms with Gasteiger partial charge in [0.25, 0.3) is 0 Å². The van der Waals surface area contributed by atoms with Crippen molar-refractivity contribution in [1.29, 1.82) is 0 Å². The molecule has 1 aromatic heterocycles. The Bertz CT molecular complexity index is 1190. The first-order valence-corrected chi connectivity index (χ1v) is 13.4. The minimum absolute atomic E-state index is 0.0158. The van der Waals surface area contributed by atoms with Crippen molar-refractivity contribution in [3.8, 4) is 11.5 Å². The molecule has 0 saturated carbocycles. The molecule has 0 aliphatic carbocycles. The first kappa shape index (κ1) is 28.1. The minimum atomic E-state index is -0.267. The highest BCUT2D eigenvalue weighted by molar-refractivity contribution is 7.10. The van der Waals surface area contributed by atoms with Crippen molar-refractivity contribution in [3.05, 3.63) is 75.5 Å². The largest absolute Gasteiger partial charge is 0.493 e. The Labute approximate surface area is 224 Å². The monoisotopic (exact) mass is 523 g/mol. The molecular formula is C29H37N3O4S. The third-order valence-corrected chi connectivity index (χ3v) is 7.27. The van der Waals surface area contributed by atoms with Crippen LogP contribution in [0.2, 0.25) is 0 Å². The molecule has 0 fully saturated rings. The van der Waals surface area contributed by atoms with Crippen molar-refractivity contribution in [3.63, 3.8) is 0 Å². The van der Waals surface area contributed by atoms with E-state index in [0.29, 0.717) is 37.6 Å². The van der Waals surface area contributed by atoms with Crippen LogP contribution < -0.4 is 14.8 Å². The molecule has 0 spiro atoms. The molecule has 7 nitrogen and oxygen atoms in total. The molecule has 3 amide bonds. The van der Waals surface area contributed by atoms with Gasteiger partial charge in [0.2, 0.25) is 5.91 Å². The van der Waals surface area contributed by atoms with Crippen LogP contribution in [0.15, 0.2) is 53.9 Å². The minimum Gasteiger partial charge on any atom is -0.493 e. The van der Waals surface area contributed by atoms with Gasteiger partial charge in [-0.15, -0.1) is 11.3 Å². The van der Waals surface area contributed by atoms with Gasteiger partial charge in [0.05, 0.1) is 20.8 Å². The molecule has 0 bridgehead atoms. The third kappa shape index (κ3) is 7.73. The van der Waals surface area contributed by atoms with Gasteiger partial charge in [-0.3, -0.25) is 4.79 Å². The molecule has 37 heavy (non-hydrogen) atoms. The zero-order chi connectivity index (χ0) is 26.8. The predicted octanol–water partition coefficient (Wildman–Crippen LogP) is 5.90. The van der Waals surface area contributed by atoms with Gasteiger partial charge in [0.1, 0.15) is 6.54 Å². The highest BCUT2D eigenvalue weighted by atomic mass is 32.1. The maximum absolute atomic E-state index is 13.6. The van der Waals surface area contributed by atoms with Gasteiger partial charge in [-0.05, 0) is 73.0 Å². The number of amides is 3. The van der Waals surface area contributed by atoms with Gasteiger partial charge in [-0.1, -0.05) is 31.2 Å². The molecule has 2 aromatic carbocycles. The number of hydrogen-bond donors (Lipinski definition) is 1. The van der Waals surface area contributed by atoms with E-state index in [-0.39, 0.29) is 18.5 Å². The van der Waals surface area contributed by atoms with Gasteiger partial charge in [-0.2, -0.15) is 0 Å². The number of nitrogens with one attached hydrogen (secondary N) is 1. The first-order valence-electron chi connectivity index (χ1n) is 12.5. The second-order valence-corrected chi connectivity index (χ2v) is 9.95. The molecule has 3 aromatic rings. The Hall–Kier alpha value is -3.52. The van der Waals surface area contributed by atoms with Crippen LogP contribution in [0.3, 0.4) is 0 Å². The number of benzene rings is 2. The lowest BCUT2D eigenvalue weighted by atomic mass is 10.1. The number of carbonyl (C=O) groups excluding carboxylic acids is 2. The number of anilines is 1. The second-order valence-electron chi connectivity index (χ2n) is 8.95. The highest BCUT2D eigenvalue weighted by Crippen LogP contribution is 2.28. The van der Waals surface area contributed by atoms with Crippen LogP contribution >= 0.6 is 11.3 Å². The second kappa shape index (κ2) is 13.7. The molecule has 0 aliphatic heterocycles. The third-order valence-electron chi connectivity index (χ3n) is 6.27. The maximum Gasteiger partial charge on any atom is 0.322 e. The molecule has 0 aliphatic rings. The molecule has 1 heterocycles. The summed E-state index contributed by atoms with van der Waals surface area (Å²) in [7, 11) is 3.22. The quantitative estimate of drug-likeness (QED) is 0.321. The summed E-state index contributed by atoms with van der Waals surface area (Å²) >= 11 is 1.64. The smallest absolute Gasteiger partial charge is 0.322 e. The average molecular weight is 524 g/mol. The normalized spacial score (nSPS) is 10.6. The summed E-state index contributed by atoms with van der Waals surface area (Å²) in [5.74, 6) is 1.25. The number of ether oxygens (including phenoxy) is 2. The fourth-order valence-corrected chi connectivity index (χ4v) is 4.95. The standard InChI is InChI=1S/C29H37N3O4S/c1-6-15-32(29(34)30-24-10-8-7-9-21(24)2)20-28(33)31(19-27-22(3)14-17-37-27)16-13-23-11-12-25(35-4)26(18-23)36-5/h7-12,14,17-18H,6,13,15-16,19-20H2,1-5H3,(H,30,34). The number of rotatable bonds is 12. The van der Waals surface area contributed by atoms with E-state index in [4.69, 9.17) is 9.47 Å². The number of urea groups is 1. The zero-order valence-electron chi connectivity index (χ0n) is 22.4. The maximum atomic E-state index is 13.6. The SMILES string of the molecule is CCCN(CC(=O)N(CCc1ccc(OC)c(OC)c1)Cc1sccc1C)C(=O)Nc1ccccc1C. The number of carbonyl (C=O) groups is 2. The Morgan fingerprint density at radius 3 is 2.32 bits per heavy atom. The summed E-state index contributed by atoms with van der Waals surface area (Å²) in [5, 5.41) is 5.01. The van der Waals surface area contributed by atoms with Crippen molar-refractivity contribution in [2.75, 3.05) is 39.2 Å². The van der Waals surface area contributed by atoms with E-state index in [1.807, 2.05) is 66.6 Å². The lowest BCUT2D eigenvalue weighted by Crippen LogP contribution is -2.45. The van der Waals surface area contributed by atoms with Gasteiger partial charge in [-0.25, -0.2) is 4.79 Å². The van der Waals surface area contributed by atoms with Gasteiger partial charge < -0.3 is 24.6 Å². The fraction of sp³-hybridized carbons (Fsp3) is 0.379. The number of thiophene rings is 1. The molecule has 0 unspecified atom stereocenters. The van der Waals surface area contributed by atoms with Crippen molar-refractivity contribution < 1.29 is 19.1 Å². The van der Waals surface area contributed by atoms with Crippen molar-refractivity contribution in [2.45, 2.75) is 40.2 Å². The predicted molar refractivity (Wildman–Crippen MR) is 150 cm³/mol. The summed E-state index contributed by atoms with van der Waals surface area (Å²) in [6.07, 6.45) is 1.41. The molecule has 1 N–H and O–H groups in total. The summed E-state index contributed by atoms with van der Waals surface area (Å²) in [4.78, 5) is 31.3. The van der Waals surface area contributed by atoms with Crippen LogP contribution in [0.4, 0.5) is 10.5 Å². The number of methoxy groups -OCH3 is 2. The highest BCUT2D eigenvalue weighted by Gasteiger charge is 2.22. The molecule has 8 heteroatoms. The van der Waals surface area contributed by atoms with E-state index < -0.39 is 0 Å². The van der Waals surface area contributed by atoms with Crippen molar-refractivity contribution in [1.82, 2.24) is 9.80 Å². The van der Waals surface area contributed by atoms with Crippen LogP contribution in [-0.4, -0.2) is 55.6 Å². The van der Waals surface area contributed by atoms with E-state index in [1.54, 1.807) is 30.5 Å². The Kier molecular flexibility index (Phi) is 10.4. The zero-order valence-corrected chi connectivity index (χ0v) is 23.2. The lowest BCUT2D eigenvalue weighted by molar-refractivity contribution is -0.132. The van der Waals surface area contributed by atoms with Crippen LogP contribution in [0.5, 0.6) is 11.5 Å². The van der Waals surface area contributed by atoms with Gasteiger partial charge >= 0.3 is 6.03 Å². The summed E-state index contributed by atoms with van der Waals surface area (Å²) in [6.45, 7) is 7.54. The lowest BCUT2D eigenvalue weighted by Gasteiger charge is -2.28. The molecule has 3 rings (SSSR count). The Morgan fingerprint density at radius 2 is 1.68 bits per heavy atom. The molecular weight excluding hydrogens is 486 g/mol. The topological polar surface area (TPSA) is 71.1 Å². The summed E-state index contributed by atoms with van der Waals surface area (Å²) in [6, 6.07) is 15.2. The Morgan fingerprint density at radius 1 is 0.919 bits per heavy atom. The molecule has 198 valence electrons. The van der Waals surface area contributed by atoms with E-state index in [1.165, 1.54) is 0 Å². The number of nitrogens with zero attached hydrogens (tertiary/aromatic N) is 2. The van der Waals surface area contributed by atoms with Crippen LogP contribution in [0.1, 0.15) is 34.9 Å². The van der Waals surface area contributed by atoms with Gasteiger partial charge in [0, 0.05) is 23.7 Å². The van der Waals surface area contributed by atoms with Crippen LogP contribution in [-0.2, 0) is 17.8 Å². The Balaban J connectivity index is 1.75. The van der Waals surface area contributed by atoms with Gasteiger partial charge in [0.15, 0.2) is 11.5 Å². The molecule has 0 saturated heterocycles. The van der Waals surface area contributed by atoms with Crippen molar-refractivity contribution >= 4 is 29.0 Å². The number of para-hydroxylation sites is 1. The van der Waals surface area contributed by atoms with Crippen molar-refractivity contribution in [2.24, 2.45) is 0 Å². The van der Waals surface area contributed by atoms with Crippen LogP contribution in [0.25, 0.3) is 0 Å². The molecule has 0 radical (unpaired) electrons. The number of hydrogen-bond acceptors (Lipinski definition) is 5. The number of aryl methyl sites for hydroxylation is 2. The summed E-state index contributed by atoms with van der Waals surface area (Å²) < 4.78 is 10.8. The summed E-state index contributed by atoms with van der Waals surface area (Å²) in [5.41, 5.74) is 3.93. The van der Waals surface area contributed by atoms with E-state index >= 15 is 0 Å². The van der Waals surface area contributed by atoms with Crippen LogP contribution in [0, 0.1) is 13.8 Å². The van der Waals surface area contributed by atoms with E-state index in [0.717, 1.165) is 33.7 Å². The van der Waals surface area contributed by atoms with E-state index in [9.17, 15) is 9.59 Å². The first-order chi connectivity index (χ1) is 17.9. The fourth-order valence-electron chi connectivity index (χ4n) is 4.02. The average Bonchev–Trinajstić information content (AvgIpc) is 3.31. The molecule has 0 atom stereocenters.